The van der Waals surface area contributed by atoms with Gasteiger partial charge in [0.2, 0.25) is 10.0 Å². The zero-order valence-corrected chi connectivity index (χ0v) is 13.4. The van der Waals surface area contributed by atoms with Crippen LogP contribution in [0.3, 0.4) is 0 Å². The van der Waals surface area contributed by atoms with Crippen LogP contribution in [-0.2, 0) is 10.0 Å². The smallest absolute Gasteiger partial charge is 0.211 e. The third kappa shape index (κ3) is 6.10. The maximum atomic E-state index is 12.0. The van der Waals surface area contributed by atoms with Gasteiger partial charge < -0.3 is 5.32 Å². The van der Waals surface area contributed by atoms with Crippen molar-refractivity contribution in [2.45, 2.75) is 70.3 Å². The summed E-state index contributed by atoms with van der Waals surface area (Å²) in [6, 6.07) is 0.402. The highest BCUT2D eigenvalue weighted by Gasteiger charge is 2.18. The molecule has 0 spiro atoms. The Labute approximate surface area is 124 Å². The van der Waals surface area contributed by atoms with Crippen LogP contribution >= 0.6 is 0 Å². The normalized spacial score (nSPS) is 25.7. The van der Waals surface area contributed by atoms with Crippen molar-refractivity contribution in [1.29, 1.82) is 0 Å². The van der Waals surface area contributed by atoms with Crippen LogP contribution in [0.5, 0.6) is 0 Å². The van der Waals surface area contributed by atoms with Gasteiger partial charge in [-0.05, 0) is 38.1 Å². The fourth-order valence-corrected chi connectivity index (χ4v) is 4.60. The minimum Gasteiger partial charge on any atom is -0.314 e. The number of hydrogen-bond donors (Lipinski definition) is 2. The zero-order valence-electron chi connectivity index (χ0n) is 12.6. The SMILES string of the molecule is O=S(=O)(CCC1CCCCN1)NCCC1CCCCC1. The quantitative estimate of drug-likeness (QED) is 0.759. The highest BCUT2D eigenvalue weighted by atomic mass is 32.2. The summed E-state index contributed by atoms with van der Waals surface area (Å²) < 4.78 is 26.7. The van der Waals surface area contributed by atoms with Crippen molar-refractivity contribution in [3.8, 4) is 0 Å². The van der Waals surface area contributed by atoms with Gasteiger partial charge in [-0.1, -0.05) is 38.5 Å². The molecule has 118 valence electrons. The largest absolute Gasteiger partial charge is 0.314 e. The lowest BCUT2D eigenvalue weighted by Crippen LogP contribution is -2.37. The van der Waals surface area contributed by atoms with Crippen LogP contribution in [0.15, 0.2) is 0 Å². The van der Waals surface area contributed by atoms with E-state index in [4.69, 9.17) is 0 Å². The van der Waals surface area contributed by atoms with Crippen LogP contribution in [0.25, 0.3) is 0 Å². The summed E-state index contributed by atoms with van der Waals surface area (Å²) in [6.07, 6.45) is 11.9. The monoisotopic (exact) mass is 302 g/mol. The Balaban J connectivity index is 1.60. The Morgan fingerprint density at radius 2 is 1.70 bits per heavy atom. The minimum absolute atomic E-state index is 0.273. The topological polar surface area (TPSA) is 58.2 Å². The molecule has 2 fully saturated rings. The predicted octanol–water partition coefficient (Wildman–Crippen LogP) is 2.41. The maximum absolute atomic E-state index is 12.0. The molecule has 2 aliphatic rings. The molecule has 5 heteroatoms. The first-order valence-electron chi connectivity index (χ1n) is 8.36. The molecule has 1 unspecified atom stereocenters. The molecule has 1 saturated carbocycles. The lowest BCUT2D eigenvalue weighted by Gasteiger charge is -2.23. The van der Waals surface area contributed by atoms with Crippen LogP contribution < -0.4 is 10.0 Å². The third-order valence-corrected chi connectivity index (χ3v) is 6.16. The van der Waals surface area contributed by atoms with Gasteiger partial charge >= 0.3 is 0 Å². The van der Waals surface area contributed by atoms with Gasteiger partial charge in [0.25, 0.3) is 0 Å². The van der Waals surface area contributed by atoms with E-state index in [2.05, 4.69) is 10.0 Å². The number of hydrogen-bond acceptors (Lipinski definition) is 3. The van der Waals surface area contributed by atoms with E-state index in [-0.39, 0.29) is 5.75 Å². The Hall–Kier alpha value is -0.130. The first-order chi connectivity index (χ1) is 9.66. The van der Waals surface area contributed by atoms with Crippen molar-refractivity contribution in [3.63, 3.8) is 0 Å². The molecule has 0 aromatic rings. The van der Waals surface area contributed by atoms with Crippen molar-refractivity contribution in [1.82, 2.24) is 10.0 Å². The molecule has 0 radical (unpaired) electrons. The van der Waals surface area contributed by atoms with E-state index < -0.39 is 10.0 Å². The summed E-state index contributed by atoms with van der Waals surface area (Å²) >= 11 is 0. The summed E-state index contributed by atoms with van der Waals surface area (Å²) in [5.41, 5.74) is 0. The van der Waals surface area contributed by atoms with Gasteiger partial charge in [-0.25, -0.2) is 13.1 Å². The lowest BCUT2D eigenvalue weighted by molar-refractivity contribution is 0.339. The van der Waals surface area contributed by atoms with E-state index in [1.807, 2.05) is 0 Å². The van der Waals surface area contributed by atoms with Crippen molar-refractivity contribution in [2.75, 3.05) is 18.8 Å². The first-order valence-corrected chi connectivity index (χ1v) is 10.0. The Kier molecular flexibility index (Phi) is 6.78. The van der Waals surface area contributed by atoms with Gasteiger partial charge in [0, 0.05) is 12.6 Å². The molecule has 1 aliphatic heterocycles. The van der Waals surface area contributed by atoms with Crippen LogP contribution in [0, 0.1) is 5.92 Å². The first kappa shape index (κ1) is 16.2. The fourth-order valence-electron chi connectivity index (χ4n) is 3.43. The average Bonchev–Trinajstić information content (AvgIpc) is 2.47. The summed E-state index contributed by atoms with van der Waals surface area (Å²) in [6.45, 7) is 1.67. The second kappa shape index (κ2) is 8.35. The highest BCUT2D eigenvalue weighted by molar-refractivity contribution is 7.89. The molecule has 2 rings (SSSR count). The maximum Gasteiger partial charge on any atom is 0.211 e. The number of rotatable bonds is 7. The van der Waals surface area contributed by atoms with E-state index in [0.29, 0.717) is 12.6 Å². The van der Waals surface area contributed by atoms with Crippen molar-refractivity contribution in [2.24, 2.45) is 5.92 Å². The second-order valence-corrected chi connectivity index (χ2v) is 8.37. The third-order valence-electron chi connectivity index (χ3n) is 4.75. The predicted molar refractivity (Wildman–Crippen MR) is 83.2 cm³/mol. The Morgan fingerprint density at radius 1 is 0.950 bits per heavy atom. The minimum atomic E-state index is -3.07. The summed E-state index contributed by atoms with van der Waals surface area (Å²) in [7, 11) is -3.07. The summed E-state index contributed by atoms with van der Waals surface area (Å²) in [5, 5.41) is 3.41. The molecule has 2 N–H and O–H groups in total. The van der Waals surface area contributed by atoms with Gasteiger partial charge in [0.1, 0.15) is 0 Å². The Morgan fingerprint density at radius 3 is 2.40 bits per heavy atom. The van der Waals surface area contributed by atoms with Crippen LogP contribution in [0.1, 0.15) is 64.2 Å². The van der Waals surface area contributed by atoms with Gasteiger partial charge in [0.05, 0.1) is 5.75 Å². The van der Waals surface area contributed by atoms with Crippen LogP contribution in [0.4, 0.5) is 0 Å². The standard InChI is InChI=1S/C15H30N2O2S/c18-20(19,13-10-15-8-4-5-11-16-15)17-12-9-14-6-2-1-3-7-14/h14-17H,1-13H2. The summed E-state index contributed by atoms with van der Waals surface area (Å²) in [5.74, 6) is 1.02. The average molecular weight is 302 g/mol. The molecule has 1 saturated heterocycles. The van der Waals surface area contributed by atoms with E-state index >= 15 is 0 Å². The van der Waals surface area contributed by atoms with Crippen molar-refractivity contribution >= 4 is 10.0 Å². The molecule has 1 aliphatic carbocycles. The number of nitrogens with one attached hydrogen (secondary N) is 2. The molecule has 1 heterocycles. The molecule has 4 nitrogen and oxygen atoms in total. The molecular weight excluding hydrogens is 272 g/mol. The molecule has 1 atom stereocenters. The number of piperidine rings is 1. The van der Waals surface area contributed by atoms with Gasteiger partial charge in [-0.2, -0.15) is 0 Å². The van der Waals surface area contributed by atoms with Crippen LogP contribution in [-0.4, -0.2) is 33.3 Å². The highest BCUT2D eigenvalue weighted by Crippen LogP contribution is 2.25. The van der Waals surface area contributed by atoms with Gasteiger partial charge in [0.15, 0.2) is 0 Å². The van der Waals surface area contributed by atoms with E-state index in [1.54, 1.807) is 0 Å². The molecule has 0 aromatic heterocycles. The lowest BCUT2D eigenvalue weighted by atomic mass is 9.87. The van der Waals surface area contributed by atoms with E-state index in [0.717, 1.165) is 31.7 Å². The summed E-state index contributed by atoms with van der Waals surface area (Å²) in [4.78, 5) is 0. The fraction of sp³-hybridized carbons (Fsp3) is 1.00. The second-order valence-electron chi connectivity index (χ2n) is 6.44. The van der Waals surface area contributed by atoms with Crippen LogP contribution in [0.2, 0.25) is 0 Å². The molecular formula is C15H30N2O2S. The van der Waals surface area contributed by atoms with E-state index in [1.165, 1.54) is 44.9 Å². The Bertz CT molecular complexity index is 358. The molecule has 0 aromatic carbocycles. The van der Waals surface area contributed by atoms with Gasteiger partial charge in [-0.15, -0.1) is 0 Å². The number of sulfonamides is 1. The van der Waals surface area contributed by atoms with E-state index in [9.17, 15) is 8.42 Å². The van der Waals surface area contributed by atoms with Gasteiger partial charge in [-0.3, -0.25) is 0 Å². The van der Waals surface area contributed by atoms with Crippen molar-refractivity contribution < 1.29 is 8.42 Å². The molecule has 0 bridgehead atoms. The zero-order chi connectivity index (χ0) is 14.3. The molecule has 0 amide bonds. The molecule has 20 heavy (non-hydrogen) atoms. The van der Waals surface area contributed by atoms with Crippen molar-refractivity contribution in [3.05, 3.63) is 0 Å².